The average molecular weight is 230 g/mol. The first-order chi connectivity index (χ1) is 7.06. The van der Waals surface area contributed by atoms with E-state index in [1.807, 2.05) is 0 Å². The molecule has 0 fully saturated rings. The van der Waals surface area contributed by atoms with Crippen LogP contribution in [-0.2, 0) is 7.05 Å². The number of carbonyl (C=O) groups is 1. The van der Waals surface area contributed by atoms with E-state index in [1.165, 1.54) is 17.9 Å². The number of hydrogen-bond donors (Lipinski definition) is 2. The highest BCUT2D eigenvalue weighted by molar-refractivity contribution is 7.80. The molecule has 0 unspecified atom stereocenters. The van der Waals surface area contributed by atoms with Crippen LogP contribution in [0.5, 0.6) is 0 Å². The van der Waals surface area contributed by atoms with Crippen molar-refractivity contribution >= 4 is 24.2 Å². The molecule has 1 rings (SSSR count). The molecular formula is C7H10N4O3S. The summed E-state index contributed by atoms with van der Waals surface area (Å²) < 4.78 is 1.23. The summed E-state index contributed by atoms with van der Waals surface area (Å²) in [5, 5.41) is 16.8. The molecule has 1 amide bonds. The van der Waals surface area contributed by atoms with Crippen LogP contribution < -0.4 is 5.32 Å². The Hall–Kier alpha value is -1.57. The Labute approximate surface area is 91.0 Å². The first-order valence-corrected chi connectivity index (χ1v) is 4.76. The molecule has 0 aliphatic rings. The van der Waals surface area contributed by atoms with Crippen molar-refractivity contribution in [3.05, 3.63) is 22.0 Å². The Morgan fingerprint density at radius 1 is 1.80 bits per heavy atom. The van der Waals surface area contributed by atoms with Crippen molar-refractivity contribution in [1.82, 2.24) is 15.1 Å². The van der Waals surface area contributed by atoms with Gasteiger partial charge in [0.25, 0.3) is 5.91 Å². The fourth-order valence-corrected chi connectivity index (χ4v) is 1.14. The van der Waals surface area contributed by atoms with E-state index in [-0.39, 0.29) is 11.4 Å². The molecule has 8 heteroatoms. The Balaban J connectivity index is 2.92. The topological polar surface area (TPSA) is 90.1 Å². The minimum Gasteiger partial charge on any atom is -0.350 e. The SMILES string of the molecule is Cn1cc([N+](=O)[O-])c(C(=O)NCCS)n1. The van der Waals surface area contributed by atoms with Gasteiger partial charge in [0.05, 0.1) is 4.92 Å². The fraction of sp³-hybridized carbons (Fsp3) is 0.429. The molecule has 7 nitrogen and oxygen atoms in total. The Morgan fingerprint density at radius 2 is 2.47 bits per heavy atom. The first kappa shape index (κ1) is 11.5. The van der Waals surface area contributed by atoms with Gasteiger partial charge in [0.15, 0.2) is 0 Å². The summed E-state index contributed by atoms with van der Waals surface area (Å²) in [6, 6.07) is 0. The van der Waals surface area contributed by atoms with Crippen LogP contribution in [0.4, 0.5) is 5.69 Å². The maximum absolute atomic E-state index is 11.4. The molecule has 15 heavy (non-hydrogen) atoms. The van der Waals surface area contributed by atoms with E-state index in [2.05, 4.69) is 23.0 Å². The number of carbonyl (C=O) groups excluding carboxylic acids is 1. The number of rotatable bonds is 4. The maximum atomic E-state index is 11.4. The molecule has 0 aromatic carbocycles. The van der Waals surface area contributed by atoms with Crippen molar-refractivity contribution in [2.75, 3.05) is 12.3 Å². The fourth-order valence-electron chi connectivity index (χ4n) is 1.02. The standard InChI is InChI=1S/C7H10N4O3S/c1-10-4-5(11(13)14)6(9-10)7(12)8-2-3-15/h4,15H,2-3H2,1H3,(H,8,12). The second-order valence-corrected chi connectivity index (χ2v) is 3.22. The van der Waals surface area contributed by atoms with Crippen LogP contribution >= 0.6 is 12.6 Å². The van der Waals surface area contributed by atoms with Crippen molar-refractivity contribution in [2.24, 2.45) is 7.05 Å². The second kappa shape index (κ2) is 4.78. The molecule has 1 aromatic heterocycles. The molecule has 82 valence electrons. The van der Waals surface area contributed by atoms with Gasteiger partial charge in [0, 0.05) is 19.3 Å². The summed E-state index contributed by atoms with van der Waals surface area (Å²) in [4.78, 5) is 21.4. The van der Waals surface area contributed by atoms with Gasteiger partial charge in [-0.15, -0.1) is 0 Å². The lowest BCUT2D eigenvalue weighted by Gasteiger charge is -1.98. The molecule has 0 saturated carbocycles. The molecule has 0 atom stereocenters. The predicted octanol–water partition coefficient (Wildman–Crippen LogP) is -0.0121. The zero-order valence-corrected chi connectivity index (χ0v) is 8.90. The van der Waals surface area contributed by atoms with Gasteiger partial charge < -0.3 is 5.32 Å². The van der Waals surface area contributed by atoms with Gasteiger partial charge in [0.1, 0.15) is 6.20 Å². The van der Waals surface area contributed by atoms with Crippen molar-refractivity contribution in [2.45, 2.75) is 0 Å². The number of amides is 1. The number of aromatic nitrogens is 2. The average Bonchev–Trinajstić information content (AvgIpc) is 2.57. The predicted molar refractivity (Wildman–Crippen MR) is 56.0 cm³/mol. The summed E-state index contributed by atoms with van der Waals surface area (Å²) in [5.41, 5.74) is -0.474. The number of nitrogens with one attached hydrogen (secondary N) is 1. The van der Waals surface area contributed by atoms with Crippen molar-refractivity contribution in [1.29, 1.82) is 0 Å². The summed E-state index contributed by atoms with van der Waals surface area (Å²) in [5.74, 6) is -0.0943. The Morgan fingerprint density at radius 3 is 3.00 bits per heavy atom. The summed E-state index contributed by atoms with van der Waals surface area (Å²) in [6.45, 7) is 0.343. The van der Waals surface area contributed by atoms with Gasteiger partial charge >= 0.3 is 5.69 Å². The van der Waals surface area contributed by atoms with E-state index >= 15 is 0 Å². The van der Waals surface area contributed by atoms with Gasteiger partial charge in [-0.1, -0.05) is 0 Å². The van der Waals surface area contributed by atoms with Gasteiger partial charge in [-0.2, -0.15) is 17.7 Å². The monoisotopic (exact) mass is 230 g/mol. The number of hydrogen-bond acceptors (Lipinski definition) is 5. The quantitative estimate of drug-likeness (QED) is 0.432. The smallest absolute Gasteiger partial charge is 0.320 e. The van der Waals surface area contributed by atoms with Crippen LogP contribution in [0, 0.1) is 10.1 Å². The molecular weight excluding hydrogens is 220 g/mol. The third-order valence-corrected chi connectivity index (χ3v) is 1.84. The van der Waals surface area contributed by atoms with E-state index in [4.69, 9.17) is 0 Å². The number of aryl methyl sites for hydroxylation is 1. The lowest BCUT2D eigenvalue weighted by Crippen LogP contribution is -2.26. The zero-order chi connectivity index (χ0) is 11.4. The minimum absolute atomic E-state index is 0.177. The molecule has 1 heterocycles. The van der Waals surface area contributed by atoms with E-state index in [0.29, 0.717) is 12.3 Å². The molecule has 1 aromatic rings. The van der Waals surface area contributed by atoms with Crippen molar-refractivity contribution in [3.63, 3.8) is 0 Å². The van der Waals surface area contributed by atoms with Crippen LogP contribution in [0.2, 0.25) is 0 Å². The largest absolute Gasteiger partial charge is 0.350 e. The molecule has 0 aliphatic carbocycles. The number of nitro groups is 1. The van der Waals surface area contributed by atoms with Gasteiger partial charge in [-0.05, 0) is 0 Å². The van der Waals surface area contributed by atoms with Gasteiger partial charge in [-0.3, -0.25) is 19.6 Å². The van der Waals surface area contributed by atoms with E-state index < -0.39 is 10.8 Å². The number of nitrogens with zero attached hydrogens (tertiary/aromatic N) is 3. The Bertz CT molecular complexity index is 390. The maximum Gasteiger partial charge on any atom is 0.320 e. The first-order valence-electron chi connectivity index (χ1n) is 4.13. The normalized spacial score (nSPS) is 10.0. The van der Waals surface area contributed by atoms with Gasteiger partial charge in [-0.25, -0.2) is 0 Å². The van der Waals surface area contributed by atoms with Crippen LogP contribution in [-0.4, -0.2) is 32.9 Å². The molecule has 0 spiro atoms. The number of thiol groups is 1. The minimum atomic E-state index is -0.636. The highest BCUT2D eigenvalue weighted by atomic mass is 32.1. The summed E-state index contributed by atoms with van der Waals surface area (Å²) in [7, 11) is 1.52. The molecule has 0 saturated heterocycles. The van der Waals surface area contributed by atoms with Crippen molar-refractivity contribution < 1.29 is 9.72 Å². The summed E-state index contributed by atoms with van der Waals surface area (Å²) >= 11 is 3.91. The highest BCUT2D eigenvalue weighted by Crippen LogP contribution is 2.15. The van der Waals surface area contributed by atoms with E-state index in [9.17, 15) is 14.9 Å². The van der Waals surface area contributed by atoms with Crippen LogP contribution in [0.3, 0.4) is 0 Å². The van der Waals surface area contributed by atoms with Gasteiger partial charge in [0.2, 0.25) is 5.69 Å². The van der Waals surface area contributed by atoms with Crippen LogP contribution in [0.15, 0.2) is 6.20 Å². The molecule has 0 bridgehead atoms. The second-order valence-electron chi connectivity index (χ2n) is 2.77. The highest BCUT2D eigenvalue weighted by Gasteiger charge is 2.24. The van der Waals surface area contributed by atoms with Crippen LogP contribution in [0.25, 0.3) is 0 Å². The zero-order valence-electron chi connectivity index (χ0n) is 8.01. The summed E-state index contributed by atoms with van der Waals surface area (Å²) in [6.07, 6.45) is 1.19. The lowest BCUT2D eigenvalue weighted by molar-refractivity contribution is -0.385. The third kappa shape index (κ3) is 2.69. The van der Waals surface area contributed by atoms with E-state index in [0.717, 1.165) is 0 Å². The molecule has 0 aliphatic heterocycles. The van der Waals surface area contributed by atoms with E-state index in [1.54, 1.807) is 0 Å². The molecule has 1 N–H and O–H groups in total. The third-order valence-electron chi connectivity index (χ3n) is 1.62. The Kier molecular flexibility index (Phi) is 3.67. The van der Waals surface area contributed by atoms with Crippen molar-refractivity contribution in [3.8, 4) is 0 Å². The lowest BCUT2D eigenvalue weighted by atomic mass is 10.3. The van der Waals surface area contributed by atoms with Crippen LogP contribution in [0.1, 0.15) is 10.5 Å². The molecule has 0 radical (unpaired) electrons.